The van der Waals surface area contributed by atoms with Crippen LogP contribution in [0.5, 0.6) is 0 Å². The van der Waals surface area contributed by atoms with Crippen LogP contribution in [0.3, 0.4) is 0 Å². The maximum Gasteiger partial charge on any atom is 0.253 e. The number of carbonyl (C=O) groups excluding carboxylic acids is 1. The largest absolute Gasteiger partial charge is 0.276 e. The fourth-order valence-corrected chi connectivity index (χ4v) is 1.06. The van der Waals surface area contributed by atoms with E-state index >= 15 is 0 Å². The minimum Gasteiger partial charge on any atom is -0.276 e. The van der Waals surface area contributed by atoms with Crippen LogP contribution in [0.4, 0.5) is 0 Å². The monoisotopic (exact) mass is 254 g/mol. The van der Waals surface area contributed by atoms with Crippen molar-refractivity contribution >= 4 is 45.5 Å². The molecule has 0 aliphatic carbocycles. The minimum atomic E-state index is -0.523. The van der Waals surface area contributed by atoms with Crippen LogP contribution < -0.4 is 0 Å². The van der Waals surface area contributed by atoms with Crippen molar-refractivity contribution in [2.75, 3.05) is 0 Å². The molecule has 4 heteroatoms. The Morgan fingerprint density at radius 2 is 1.82 bits per heavy atom. The van der Waals surface area contributed by atoms with Gasteiger partial charge in [-0.1, -0.05) is 23.7 Å². The number of carbonyl (C=O) groups is 1. The average molecular weight is 254 g/mol. The summed E-state index contributed by atoms with van der Waals surface area (Å²) < 4.78 is 0. The molecule has 0 bridgehead atoms. The summed E-state index contributed by atoms with van der Waals surface area (Å²) >= 11 is 10.8. The number of rotatable bonds is 1. The van der Waals surface area contributed by atoms with Gasteiger partial charge in [0.15, 0.2) is 0 Å². The quantitative estimate of drug-likeness (QED) is 0.555. The van der Waals surface area contributed by atoms with E-state index in [0.717, 1.165) is 0 Å². The van der Waals surface area contributed by atoms with Crippen molar-refractivity contribution < 1.29 is 4.79 Å². The van der Waals surface area contributed by atoms with Crippen LogP contribution in [0.1, 0.15) is 10.4 Å². The molecule has 0 atom stereocenters. The first kappa shape index (κ1) is 11.0. The third-order valence-electron chi connectivity index (χ3n) is 1.09. The predicted octanol–water partition coefficient (Wildman–Crippen LogP) is 2.34. The van der Waals surface area contributed by atoms with Crippen molar-refractivity contribution in [3.05, 3.63) is 34.9 Å². The zero-order chi connectivity index (χ0) is 7.56. The SMILES string of the molecule is O=C(Cl)c1ccccc1Cl.[Se]. The summed E-state index contributed by atoms with van der Waals surface area (Å²) in [6.07, 6.45) is 0. The van der Waals surface area contributed by atoms with Crippen LogP contribution >= 0.6 is 23.2 Å². The fourth-order valence-electron chi connectivity index (χ4n) is 0.621. The second-order valence-electron chi connectivity index (χ2n) is 1.75. The Bertz CT molecular complexity index is 262. The van der Waals surface area contributed by atoms with Crippen LogP contribution in [-0.4, -0.2) is 22.3 Å². The first-order valence-electron chi connectivity index (χ1n) is 2.66. The van der Waals surface area contributed by atoms with Crippen LogP contribution in [0.2, 0.25) is 5.02 Å². The molecular formula is C7H4Cl2OSe. The summed E-state index contributed by atoms with van der Waals surface area (Å²) in [6.45, 7) is 0. The van der Waals surface area contributed by atoms with Crippen molar-refractivity contribution in [2.45, 2.75) is 0 Å². The molecular weight excluding hydrogens is 250 g/mol. The Labute approximate surface area is 85.2 Å². The molecule has 0 spiro atoms. The van der Waals surface area contributed by atoms with Crippen molar-refractivity contribution in [3.8, 4) is 0 Å². The number of hydrogen-bond acceptors (Lipinski definition) is 1. The topological polar surface area (TPSA) is 17.1 Å². The van der Waals surface area contributed by atoms with E-state index in [1.54, 1.807) is 24.3 Å². The van der Waals surface area contributed by atoms with Gasteiger partial charge in [-0.25, -0.2) is 0 Å². The summed E-state index contributed by atoms with van der Waals surface area (Å²) in [6, 6.07) is 6.65. The van der Waals surface area contributed by atoms with Crippen LogP contribution in [0.25, 0.3) is 0 Å². The number of halogens is 2. The summed E-state index contributed by atoms with van der Waals surface area (Å²) in [5, 5.41) is -0.131. The van der Waals surface area contributed by atoms with Gasteiger partial charge < -0.3 is 0 Å². The third-order valence-corrected chi connectivity index (χ3v) is 1.62. The molecule has 0 amide bonds. The smallest absolute Gasteiger partial charge is 0.253 e. The number of hydrogen-bond donors (Lipinski definition) is 0. The summed E-state index contributed by atoms with van der Waals surface area (Å²) in [5.74, 6) is 0. The minimum absolute atomic E-state index is 0. The van der Waals surface area contributed by atoms with E-state index in [-0.39, 0.29) is 17.1 Å². The van der Waals surface area contributed by atoms with Gasteiger partial charge in [0, 0.05) is 17.1 Å². The molecule has 0 fully saturated rings. The first-order valence-corrected chi connectivity index (χ1v) is 3.42. The first-order chi connectivity index (χ1) is 4.72. The molecule has 2 radical (unpaired) electrons. The van der Waals surface area contributed by atoms with Gasteiger partial charge in [0.2, 0.25) is 0 Å². The summed E-state index contributed by atoms with van der Waals surface area (Å²) in [7, 11) is 0. The predicted molar refractivity (Wildman–Crippen MR) is 47.4 cm³/mol. The van der Waals surface area contributed by atoms with E-state index in [4.69, 9.17) is 23.2 Å². The molecule has 1 nitrogen and oxygen atoms in total. The van der Waals surface area contributed by atoms with E-state index in [9.17, 15) is 4.79 Å². The normalized spacial score (nSPS) is 8.55. The molecule has 0 aliphatic rings. The fraction of sp³-hybridized carbons (Fsp3) is 0. The van der Waals surface area contributed by atoms with Crippen LogP contribution in [0.15, 0.2) is 24.3 Å². The third kappa shape index (κ3) is 2.84. The van der Waals surface area contributed by atoms with Gasteiger partial charge in [-0.05, 0) is 23.7 Å². The van der Waals surface area contributed by atoms with Crippen molar-refractivity contribution in [1.82, 2.24) is 0 Å². The maximum absolute atomic E-state index is 10.5. The molecule has 58 valence electrons. The van der Waals surface area contributed by atoms with E-state index < -0.39 is 5.24 Å². The molecule has 0 N–H and O–H groups in total. The molecule has 11 heavy (non-hydrogen) atoms. The zero-order valence-electron chi connectivity index (χ0n) is 5.38. The molecule has 0 saturated carbocycles. The van der Waals surface area contributed by atoms with Gasteiger partial charge in [0.1, 0.15) is 0 Å². The van der Waals surface area contributed by atoms with Gasteiger partial charge >= 0.3 is 0 Å². The van der Waals surface area contributed by atoms with Gasteiger partial charge in [-0.2, -0.15) is 0 Å². The van der Waals surface area contributed by atoms with Crippen molar-refractivity contribution in [3.63, 3.8) is 0 Å². The van der Waals surface area contributed by atoms with E-state index in [1.165, 1.54) is 0 Å². The van der Waals surface area contributed by atoms with Gasteiger partial charge in [-0.3, -0.25) is 4.79 Å². The zero-order valence-corrected chi connectivity index (χ0v) is 8.61. The van der Waals surface area contributed by atoms with E-state index in [1.807, 2.05) is 0 Å². The number of benzene rings is 1. The van der Waals surface area contributed by atoms with Gasteiger partial charge in [0.05, 0.1) is 10.6 Å². The Hall–Kier alpha value is -0.0105. The molecule has 0 heterocycles. The Balaban J connectivity index is 0.000001000. The second-order valence-corrected chi connectivity index (χ2v) is 2.50. The Morgan fingerprint density at radius 3 is 2.18 bits per heavy atom. The van der Waals surface area contributed by atoms with E-state index in [0.29, 0.717) is 10.6 Å². The van der Waals surface area contributed by atoms with E-state index in [2.05, 4.69) is 0 Å². The Morgan fingerprint density at radius 1 is 1.27 bits per heavy atom. The molecule has 0 aliphatic heterocycles. The maximum atomic E-state index is 10.5. The standard InChI is InChI=1S/C7H4Cl2O.Se/c8-6-4-2-1-3-5(6)7(9)10;/h1-4H;. The Kier molecular flexibility index (Phi) is 4.78. The van der Waals surface area contributed by atoms with Crippen LogP contribution in [-0.2, 0) is 0 Å². The van der Waals surface area contributed by atoms with Crippen molar-refractivity contribution in [2.24, 2.45) is 0 Å². The molecule has 1 aromatic carbocycles. The molecule has 0 saturated heterocycles. The molecule has 1 aromatic rings. The molecule has 0 unspecified atom stereocenters. The summed E-state index contributed by atoms with van der Waals surface area (Å²) in [4.78, 5) is 10.5. The van der Waals surface area contributed by atoms with Crippen molar-refractivity contribution in [1.29, 1.82) is 0 Å². The second kappa shape index (κ2) is 4.78. The molecule has 0 aromatic heterocycles. The van der Waals surface area contributed by atoms with Crippen LogP contribution in [0, 0.1) is 0 Å². The molecule has 1 rings (SSSR count). The van der Waals surface area contributed by atoms with Gasteiger partial charge in [0.25, 0.3) is 5.24 Å². The average Bonchev–Trinajstić information content (AvgIpc) is 1.88. The van der Waals surface area contributed by atoms with Gasteiger partial charge in [-0.15, -0.1) is 0 Å². The summed E-state index contributed by atoms with van der Waals surface area (Å²) in [5.41, 5.74) is 0.353.